The Kier molecular flexibility index (Phi) is 8.42. The van der Waals surface area contributed by atoms with Gasteiger partial charge >= 0.3 is 7.75 Å². The number of amidine groups is 1. The third-order valence-electron chi connectivity index (χ3n) is 5.04. The topological polar surface area (TPSA) is 59.9 Å². The molecule has 172 valence electrons. The van der Waals surface area contributed by atoms with Crippen LogP contribution in [0.3, 0.4) is 0 Å². The highest BCUT2D eigenvalue weighted by atomic mass is 31.2. The lowest BCUT2D eigenvalue weighted by Crippen LogP contribution is -2.24. The maximum atomic E-state index is 13.9. The predicted octanol–water partition coefficient (Wildman–Crippen LogP) is 6.76. The lowest BCUT2D eigenvalue weighted by molar-refractivity contribution is 0.187. The van der Waals surface area contributed by atoms with E-state index in [1.54, 1.807) is 0 Å². The summed E-state index contributed by atoms with van der Waals surface area (Å²) in [4.78, 5) is 4.73. The Bertz CT molecular complexity index is 1170. The third kappa shape index (κ3) is 7.26. The van der Waals surface area contributed by atoms with E-state index in [4.69, 9.17) is 14.0 Å². The molecule has 0 aliphatic rings. The number of nitrogens with zero attached hydrogens (tertiary/aromatic N) is 1. The standard InChI is InChI=1S/C28H27N2O3P/c31-34(32-22-25-15-7-2-8-16-25,33-23-26-17-9-3-10-18-26)30-28(27-19-11-4-12-20-27)29-21-24-13-5-1-6-14-24/h1-20H,21-23H2,(H,29,30,31). The molecular weight excluding hydrogens is 443 g/mol. The maximum absolute atomic E-state index is 13.9. The van der Waals surface area contributed by atoms with E-state index in [0.29, 0.717) is 12.4 Å². The molecule has 5 nitrogen and oxygen atoms in total. The van der Waals surface area contributed by atoms with Gasteiger partial charge in [-0.05, 0) is 16.7 Å². The first-order chi connectivity index (χ1) is 16.7. The lowest BCUT2D eigenvalue weighted by Gasteiger charge is -2.21. The lowest BCUT2D eigenvalue weighted by atomic mass is 10.2. The average molecular weight is 471 g/mol. The Morgan fingerprint density at radius 3 is 1.50 bits per heavy atom. The van der Waals surface area contributed by atoms with E-state index >= 15 is 0 Å². The Morgan fingerprint density at radius 1 is 0.618 bits per heavy atom. The van der Waals surface area contributed by atoms with Crippen molar-refractivity contribution in [3.05, 3.63) is 144 Å². The van der Waals surface area contributed by atoms with Crippen LogP contribution in [0.25, 0.3) is 0 Å². The Hall–Kier alpha value is -3.50. The molecule has 0 saturated heterocycles. The summed E-state index contributed by atoms with van der Waals surface area (Å²) in [5.74, 6) is 0.453. The van der Waals surface area contributed by atoms with Crippen molar-refractivity contribution < 1.29 is 13.6 Å². The van der Waals surface area contributed by atoms with Crippen molar-refractivity contribution in [1.29, 1.82) is 0 Å². The Labute approximate surface area is 200 Å². The quantitative estimate of drug-likeness (QED) is 0.158. The van der Waals surface area contributed by atoms with Crippen molar-refractivity contribution in [3.63, 3.8) is 0 Å². The van der Waals surface area contributed by atoms with Gasteiger partial charge in [0.1, 0.15) is 5.84 Å². The van der Waals surface area contributed by atoms with Crippen LogP contribution in [-0.2, 0) is 33.4 Å². The zero-order chi connectivity index (χ0) is 23.5. The van der Waals surface area contributed by atoms with Crippen molar-refractivity contribution in [3.8, 4) is 0 Å². The second-order valence-electron chi connectivity index (χ2n) is 7.64. The van der Waals surface area contributed by atoms with Gasteiger partial charge in [0.05, 0.1) is 19.8 Å². The summed E-state index contributed by atoms with van der Waals surface area (Å²) in [7, 11) is -3.77. The van der Waals surface area contributed by atoms with E-state index in [9.17, 15) is 4.57 Å². The zero-order valence-electron chi connectivity index (χ0n) is 18.8. The van der Waals surface area contributed by atoms with Gasteiger partial charge in [-0.3, -0.25) is 19.1 Å². The van der Waals surface area contributed by atoms with E-state index in [-0.39, 0.29) is 13.2 Å². The molecule has 0 unspecified atom stereocenters. The fraction of sp³-hybridized carbons (Fsp3) is 0.107. The number of benzene rings is 4. The first-order valence-corrected chi connectivity index (χ1v) is 12.6. The van der Waals surface area contributed by atoms with Crippen LogP contribution >= 0.6 is 7.75 Å². The van der Waals surface area contributed by atoms with E-state index in [1.807, 2.05) is 121 Å². The van der Waals surface area contributed by atoms with Gasteiger partial charge in [-0.1, -0.05) is 121 Å². The fourth-order valence-electron chi connectivity index (χ4n) is 3.24. The van der Waals surface area contributed by atoms with Crippen LogP contribution in [0.2, 0.25) is 0 Å². The molecule has 4 aromatic carbocycles. The molecule has 4 aromatic rings. The van der Waals surface area contributed by atoms with Gasteiger partial charge in [-0.25, -0.2) is 4.57 Å². The number of aliphatic imine (C=N–C) groups is 1. The molecule has 0 aliphatic heterocycles. The molecule has 0 heterocycles. The van der Waals surface area contributed by atoms with E-state index in [2.05, 4.69) is 5.09 Å². The summed E-state index contributed by atoms with van der Waals surface area (Å²) in [5.41, 5.74) is 3.64. The highest BCUT2D eigenvalue weighted by Gasteiger charge is 2.28. The summed E-state index contributed by atoms with van der Waals surface area (Å²) in [6.07, 6.45) is 0. The van der Waals surface area contributed by atoms with E-state index < -0.39 is 7.75 Å². The van der Waals surface area contributed by atoms with E-state index in [0.717, 1.165) is 22.3 Å². The minimum atomic E-state index is -3.77. The molecule has 0 aliphatic carbocycles. The van der Waals surface area contributed by atoms with Crippen LogP contribution in [0, 0.1) is 0 Å². The van der Waals surface area contributed by atoms with Gasteiger partial charge in [-0.15, -0.1) is 0 Å². The van der Waals surface area contributed by atoms with Gasteiger partial charge in [0, 0.05) is 5.56 Å². The minimum Gasteiger partial charge on any atom is -0.287 e. The largest absolute Gasteiger partial charge is 0.434 e. The normalized spacial score (nSPS) is 11.8. The van der Waals surface area contributed by atoms with Gasteiger partial charge < -0.3 is 0 Å². The summed E-state index contributed by atoms with van der Waals surface area (Å²) in [6.45, 7) is 0.705. The molecule has 0 aromatic heterocycles. The van der Waals surface area contributed by atoms with Crippen molar-refractivity contribution in [2.24, 2.45) is 4.99 Å². The number of hydrogen-bond acceptors (Lipinski definition) is 4. The first kappa shape index (κ1) is 23.7. The van der Waals surface area contributed by atoms with Crippen molar-refractivity contribution in [2.45, 2.75) is 19.8 Å². The van der Waals surface area contributed by atoms with Crippen LogP contribution in [0.5, 0.6) is 0 Å². The molecule has 0 atom stereocenters. The SMILES string of the molecule is O=P(NC(=NCc1ccccc1)c1ccccc1)(OCc1ccccc1)OCc1ccccc1. The van der Waals surface area contributed by atoms with Crippen molar-refractivity contribution in [2.75, 3.05) is 0 Å². The van der Waals surface area contributed by atoms with E-state index in [1.165, 1.54) is 0 Å². The molecule has 34 heavy (non-hydrogen) atoms. The second-order valence-corrected chi connectivity index (χ2v) is 9.38. The molecule has 0 bridgehead atoms. The smallest absolute Gasteiger partial charge is 0.287 e. The molecule has 0 spiro atoms. The Morgan fingerprint density at radius 2 is 1.03 bits per heavy atom. The van der Waals surface area contributed by atoms with Crippen LogP contribution in [-0.4, -0.2) is 5.84 Å². The molecule has 0 amide bonds. The number of rotatable bonds is 10. The first-order valence-electron chi connectivity index (χ1n) is 11.1. The van der Waals surface area contributed by atoms with Crippen molar-refractivity contribution in [1.82, 2.24) is 5.09 Å². The van der Waals surface area contributed by atoms with Gasteiger partial charge in [0.2, 0.25) is 0 Å². The van der Waals surface area contributed by atoms with Crippen LogP contribution in [0.1, 0.15) is 22.3 Å². The van der Waals surface area contributed by atoms with Gasteiger partial charge in [-0.2, -0.15) is 0 Å². The molecule has 4 rings (SSSR count). The minimum absolute atomic E-state index is 0.140. The predicted molar refractivity (Wildman–Crippen MR) is 136 cm³/mol. The van der Waals surface area contributed by atoms with Gasteiger partial charge in [0.15, 0.2) is 0 Å². The summed E-state index contributed by atoms with van der Waals surface area (Å²) in [6, 6.07) is 38.7. The third-order valence-corrected chi connectivity index (χ3v) is 6.46. The average Bonchev–Trinajstić information content (AvgIpc) is 2.91. The summed E-state index contributed by atoms with van der Waals surface area (Å²) >= 11 is 0. The van der Waals surface area contributed by atoms with Gasteiger partial charge in [0.25, 0.3) is 0 Å². The van der Waals surface area contributed by atoms with Crippen LogP contribution < -0.4 is 5.09 Å². The highest BCUT2D eigenvalue weighted by Crippen LogP contribution is 2.46. The Balaban J connectivity index is 1.59. The van der Waals surface area contributed by atoms with Crippen LogP contribution in [0.4, 0.5) is 0 Å². The van der Waals surface area contributed by atoms with Crippen molar-refractivity contribution >= 4 is 13.6 Å². The van der Waals surface area contributed by atoms with Crippen LogP contribution in [0.15, 0.2) is 126 Å². The second kappa shape index (κ2) is 12.1. The molecular formula is C28H27N2O3P. The molecule has 0 fully saturated rings. The number of hydrogen-bond donors (Lipinski definition) is 1. The summed E-state index contributed by atoms with van der Waals surface area (Å²) < 4.78 is 25.7. The molecule has 1 N–H and O–H groups in total. The molecule has 0 radical (unpaired) electrons. The summed E-state index contributed by atoms with van der Waals surface area (Å²) in [5, 5.41) is 3.02. The monoisotopic (exact) mass is 470 g/mol. The molecule has 6 heteroatoms. The maximum Gasteiger partial charge on any atom is 0.434 e. The molecule has 0 saturated carbocycles. The zero-order valence-corrected chi connectivity index (χ0v) is 19.7. The highest BCUT2D eigenvalue weighted by molar-refractivity contribution is 7.52. The number of nitrogens with one attached hydrogen (secondary N) is 1. The fourth-order valence-corrected chi connectivity index (χ4v) is 4.54.